The third-order valence-corrected chi connectivity index (χ3v) is 3.80. The predicted octanol–water partition coefficient (Wildman–Crippen LogP) is 2.22. The van der Waals surface area contributed by atoms with Crippen molar-refractivity contribution in [3.63, 3.8) is 0 Å². The Morgan fingerprint density at radius 1 is 1.16 bits per heavy atom. The molecule has 1 atom stereocenters. The smallest absolute Gasteiger partial charge is 0.165 e. The van der Waals surface area contributed by atoms with Gasteiger partial charge < -0.3 is 14.6 Å². The molecule has 0 aliphatic carbocycles. The maximum Gasteiger partial charge on any atom is 0.165 e. The van der Waals surface area contributed by atoms with Crippen molar-refractivity contribution in [2.75, 3.05) is 33.9 Å². The number of hydrogen-bond donors (Lipinski definition) is 1. The summed E-state index contributed by atoms with van der Waals surface area (Å²) in [6, 6.07) is 5.83. The standard InChI is InChI=1S/C15H23NO3/c1-18-14-8-6-7-12(15(14)19-2)13(11-17)16-9-4-3-5-10-16/h6-8,13,17H,3-5,9-11H2,1-2H3/t13-/m0/s1. The molecule has 0 amide bonds. The number of aliphatic hydroxyl groups is 1. The molecular weight excluding hydrogens is 242 g/mol. The van der Waals surface area contributed by atoms with Crippen molar-refractivity contribution in [3.8, 4) is 11.5 Å². The topological polar surface area (TPSA) is 41.9 Å². The first kappa shape index (κ1) is 14.2. The van der Waals surface area contributed by atoms with E-state index < -0.39 is 0 Å². The van der Waals surface area contributed by atoms with E-state index in [4.69, 9.17) is 9.47 Å². The molecule has 1 N–H and O–H groups in total. The van der Waals surface area contributed by atoms with E-state index in [2.05, 4.69) is 4.90 Å². The van der Waals surface area contributed by atoms with Crippen LogP contribution in [0.15, 0.2) is 18.2 Å². The summed E-state index contributed by atoms with van der Waals surface area (Å²) in [7, 11) is 3.28. The van der Waals surface area contributed by atoms with E-state index in [9.17, 15) is 5.11 Å². The highest BCUT2D eigenvalue weighted by atomic mass is 16.5. The van der Waals surface area contributed by atoms with Crippen LogP contribution in [0.25, 0.3) is 0 Å². The molecule has 1 heterocycles. The summed E-state index contributed by atoms with van der Waals surface area (Å²) >= 11 is 0. The number of likely N-dealkylation sites (tertiary alicyclic amines) is 1. The van der Waals surface area contributed by atoms with Crippen LogP contribution in [-0.4, -0.2) is 43.9 Å². The van der Waals surface area contributed by atoms with E-state index in [1.165, 1.54) is 19.3 Å². The molecule has 0 spiro atoms. The Morgan fingerprint density at radius 2 is 1.89 bits per heavy atom. The van der Waals surface area contributed by atoms with Crippen LogP contribution in [0.4, 0.5) is 0 Å². The first-order valence-corrected chi connectivity index (χ1v) is 6.87. The Morgan fingerprint density at radius 3 is 2.47 bits per heavy atom. The highest BCUT2D eigenvalue weighted by Gasteiger charge is 2.25. The fourth-order valence-electron chi connectivity index (χ4n) is 2.81. The van der Waals surface area contributed by atoms with Crippen LogP contribution in [0.2, 0.25) is 0 Å². The molecule has 2 rings (SSSR count). The first-order valence-electron chi connectivity index (χ1n) is 6.87. The van der Waals surface area contributed by atoms with Crippen molar-refractivity contribution in [1.29, 1.82) is 0 Å². The lowest BCUT2D eigenvalue weighted by atomic mass is 10.0. The van der Waals surface area contributed by atoms with Gasteiger partial charge in [-0.25, -0.2) is 0 Å². The van der Waals surface area contributed by atoms with Gasteiger partial charge in [0, 0.05) is 5.56 Å². The van der Waals surface area contributed by atoms with Crippen LogP contribution in [0.5, 0.6) is 11.5 Å². The van der Waals surface area contributed by atoms with Crippen LogP contribution in [-0.2, 0) is 0 Å². The molecule has 0 bridgehead atoms. The highest BCUT2D eigenvalue weighted by molar-refractivity contribution is 5.48. The van der Waals surface area contributed by atoms with Gasteiger partial charge in [0.05, 0.1) is 26.9 Å². The van der Waals surface area contributed by atoms with Gasteiger partial charge in [0.25, 0.3) is 0 Å². The number of ether oxygens (including phenoxy) is 2. The molecule has 1 aromatic carbocycles. The summed E-state index contributed by atoms with van der Waals surface area (Å²) in [6.07, 6.45) is 3.68. The van der Waals surface area contributed by atoms with Gasteiger partial charge >= 0.3 is 0 Å². The predicted molar refractivity (Wildman–Crippen MR) is 74.8 cm³/mol. The molecule has 1 fully saturated rings. The largest absolute Gasteiger partial charge is 0.493 e. The lowest BCUT2D eigenvalue weighted by Gasteiger charge is -2.34. The van der Waals surface area contributed by atoms with Crippen LogP contribution in [0.3, 0.4) is 0 Å². The van der Waals surface area contributed by atoms with E-state index in [0.717, 1.165) is 30.2 Å². The van der Waals surface area contributed by atoms with Gasteiger partial charge in [-0.15, -0.1) is 0 Å². The molecule has 1 aliphatic heterocycles. The number of aliphatic hydroxyl groups excluding tert-OH is 1. The van der Waals surface area contributed by atoms with Crippen molar-refractivity contribution < 1.29 is 14.6 Å². The quantitative estimate of drug-likeness (QED) is 0.886. The lowest BCUT2D eigenvalue weighted by molar-refractivity contribution is 0.102. The molecule has 19 heavy (non-hydrogen) atoms. The van der Waals surface area contributed by atoms with Gasteiger partial charge in [-0.1, -0.05) is 18.6 Å². The fourth-order valence-corrected chi connectivity index (χ4v) is 2.81. The van der Waals surface area contributed by atoms with Crippen LogP contribution in [0.1, 0.15) is 30.9 Å². The third kappa shape index (κ3) is 3.01. The van der Waals surface area contributed by atoms with E-state index >= 15 is 0 Å². The fraction of sp³-hybridized carbons (Fsp3) is 0.600. The van der Waals surface area contributed by atoms with Crippen LogP contribution < -0.4 is 9.47 Å². The first-order chi connectivity index (χ1) is 9.31. The second-order valence-corrected chi connectivity index (χ2v) is 4.88. The van der Waals surface area contributed by atoms with E-state index in [0.29, 0.717) is 0 Å². The number of hydrogen-bond acceptors (Lipinski definition) is 4. The Kier molecular flexibility index (Phi) is 5.05. The van der Waals surface area contributed by atoms with E-state index in [1.54, 1.807) is 14.2 Å². The van der Waals surface area contributed by atoms with Gasteiger partial charge in [0.15, 0.2) is 11.5 Å². The molecule has 4 nitrogen and oxygen atoms in total. The number of methoxy groups -OCH3 is 2. The third-order valence-electron chi connectivity index (χ3n) is 3.80. The SMILES string of the molecule is COc1cccc([C@H](CO)N2CCCCC2)c1OC. The van der Waals surface area contributed by atoms with Crippen LogP contribution >= 0.6 is 0 Å². The maximum absolute atomic E-state index is 9.78. The molecule has 0 saturated carbocycles. The average molecular weight is 265 g/mol. The zero-order chi connectivity index (χ0) is 13.7. The molecule has 1 aliphatic rings. The normalized spacial score (nSPS) is 18.1. The Balaban J connectivity index is 2.31. The molecule has 0 radical (unpaired) electrons. The monoisotopic (exact) mass is 265 g/mol. The second kappa shape index (κ2) is 6.78. The summed E-state index contributed by atoms with van der Waals surface area (Å²) in [4.78, 5) is 2.33. The van der Waals surface area contributed by atoms with Crippen molar-refractivity contribution >= 4 is 0 Å². The van der Waals surface area contributed by atoms with Crippen molar-refractivity contribution in [1.82, 2.24) is 4.90 Å². The van der Waals surface area contributed by atoms with Gasteiger partial charge in [-0.2, -0.15) is 0 Å². The molecule has 1 saturated heterocycles. The van der Waals surface area contributed by atoms with Crippen molar-refractivity contribution in [2.24, 2.45) is 0 Å². The van der Waals surface area contributed by atoms with Gasteiger partial charge in [0.2, 0.25) is 0 Å². The van der Waals surface area contributed by atoms with E-state index in [1.807, 2.05) is 18.2 Å². The molecule has 0 unspecified atom stereocenters. The summed E-state index contributed by atoms with van der Waals surface area (Å²) in [6.45, 7) is 2.17. The summed E-state index contributed by atoms with van der Waals surface area (Å²) in [5.41, 5.74) is 1.01. The van der Waals surface area contributed by atoms with Crippen molar-refractivity contribution in [3.05, 3.63) is 23.8 Å². The molecule has 4 heteroatoms. The summed E-state index contributed by atoms with van der Waals surface area (Å²) < 4.78 is 10.8. The molecule has 106 valence electrons. The summed E-state index contributed by atoms with van der Waals surface area (Å²) in [5, 5.41) is 9.78. The van der Waals surface area contributed by atoms with Crippen LogP contribution in [0, 0.1) is 0 Å². The zero-order valence-electron chi connectivity index (χ0n) is 11.8. The lowest BCUT2D eigenvalue weighted by Crippen LogP contribution is -2.35. The molecular formula is C15H23NO3. The Hall–Kier alpha value is -1.26. The molecule has 1 aromatic rings. The maximum atomic E-state index is 9.78. The second-order valence-electron chi connectivity index (χ2n) is 4.88. The average Bonchev–Trinajstić information content (AvgIpc) is 2.48. The minimum Gasteiger partial charge on any atom is -0.493 e. The summed E-state index contributed by atoms with van der Waals surface area (Å²) in [5.74, 6) is 1.45. The number of piperidine rings is 1. The Labute approximate surface area is 114 Å². The number of para-hydroxylation sites is 1. The van der Waals surface area contributed by atoms with Gasteiger partial charge in [-0.05, 0) is 32.0 Å². The number of nitrogens with zero attached hydrogens (tertiary/aromatic N) is 1. The van der Waals surface area contributed by atoms with Gasteiger partial charge in [0.1, 0.15) is 0 Å². The number of rotatable bonds is 5. The van der Waals surface area contributed by atoms with Gasteiger partial charge in [-0.3, -0.25) is 4.90 Å². The van der Waals surface area contributed by atoms with E-state index in [-0.39, 0.29) is 12.6 Å². The Bertz CT molecular complexity index is 402. The molecule has 0 aromatic heterocycles. The minimum absolute atomic E-state index is 0.00894. The van der Waals surface area contributed by atoms with Crippen molar-refractivity contribution in [2.45, 2.75) is 25.3 Å². The minimum atomic E-state index is -0.00894. The highest BCUT2D eigenvalue weighted by Crippen LogP contribution is 2.37. The number of benzene rings is 1. The zero-order valence-corrected chi connectivity index (χ0v) is 11.8.